The standard InChI is InChI=1S/C8H11BrN2O2S/c1-3-11(4-7(12)13-2)8-10-6(9)5-14-8/h5H,3-4H2,1-2H3. The van der Waals surface area contributed by atoms with Crippen molar-refractivity contribution in [2.75, 3.05) is 25.1 Å². The predicted octanol–water partition coefficient (Wildman–Crippen LogP) is 1.90. The number of likely N-dealkylation sites (N-methyl/N-ethyl adjacent to an activating group) is 1. The molecule has 0 aliphatic rings. The van der Waals surface area contributed by atoms with Crippen molar-refractivity contribution in [3.63, 3.8) is 0 Å². The van der Waals surface area contributed by atoms with Crippen molar-refractivity contribution in [2.24, 2.45) is 0 Å². The Hall–Kier alpha value is -0.620. The average Bonchev–Trinajstić information content (AvgIpc) is 2.60. The summed E-state index contributed by atoms with van der Waals surface area (Å²) in [5, 5.41) is 2.71. The second kappa shape index (κ2) is 5.31. The number of aromatic nitrogens is 1. The molecular formula is C8H11BrN2O2S. The van der Waals surface area contributed by atoms with Gasteiger partial charge in [-0.05, 0) is 22.9 Å². The van der Waals surface area contributed by atoms with Crippen molar-refractivity contribution in [1.82, 2.24) is 4.98 Å². The maximum atomic E-state index is 11.1. The highest BCUT2D eigenvalue weighted by atomic mass is 79.9. The first-order chi connectivity index (χ1) is 6.67. The number of methoxy groups -OCH3 is 1. The minimum Gasteiger partial charge on any atom is -0.468 e. The van der Waals surface area contributed by atoms with E-state index in [1.165, 1.54) is 18.4 Å². The SMILES string of the molecule is CCN(CC(=O)OC)c1nc(Br)cs1. The van der Waals surface area contributed by atoms with Crippen molar-refractivity contribution in [2.45, 2.75) is 6.92 Å². The Morgan fingerprint density at radius 1 is 1.79 bits per heavy atom. The smallest absolute Gasteiger partial charge is 0.325 e. The van der Waals surface area contributed by atoms with Crippen molar-refractivity contribution < 1.29 is 9.53 Å². The molecule has 14 heavy (non-hydrogen) atoms. The fourth-order valence-corrected chi connectivity index (χ4v) is 2.24. The molecule has 0 saturated carbocycles. The number of hydrogen-bond donors (Lipinski definition) is 0. The topological polar surface area (TPSA) is 42.4 Å². The molecule has 0 radical (unpaired) electrons. The molecule has 0 aliphatic heterocycles. The lowest BCUT2D eigenvalue weighted by atomic mass is 10.5. The number of hydrogen-bond acceptors (Lipinski definition) is 5. The Balaban J connectivity index is 2.67. The Labute approximate surface area is 95.0 Å². The molecule has 1 heterocycles. The first-order valence-corrected chi connectivity index (χ1v) is 5.77. The third kappa shape index (κ3) is 2.95. The molecule has 0 aliphatic carbocycles. The summed E-state index contributed by atoms with van der Waals surface area (Å²) in [5.41, 5.74) is 0. The number of carbonyl (C=O) groups is 1. The molecule has 0 bridgehead atoms. The van der Waals surface area contributed by atoms with Gasteiger partial charge in [-0.25, -0.2) is 4.98 Å². The van der Waals surface area contributed by atoms with Crippen LogP contribution < -0.4 is 4.90 Å². The highest BCUT2D eigenvalue weighted by Crippen LogP contribution is 2.23. The fourth-order valence-electron chi connectivity index (χ4n) is 0.926. The van der Waals surface area contributed by atoms with Gasteiger partial charge in [0, 0.05) is 11.9 Å². The number of ether oxygens (including phenoxy) is 1. The van der Waals surface area contributed by atoms with E-state index in [1.807, 2.05) is 17.2 Å². The first-order valence-electron chi connectivity index (χ1n) is 4.10. The van der Waals surface area contributed by atoms with E-state index in [4.69, 9.17) is 0 Å². The van der Waals surface area contributed by atoms with Gasteiger partial charge < -0.3 is 9.64 Å². The number of thiazole rings is 1. The summed E-state index contributed by atoms with van der Waals surface area (Å²) in [6.07, 6.45) is 0. The predicted molar refractivity (Wildman–Crippen MR) is 59.7 cm³/mol. The number of esters is 1. The van der Waals surface area contributed by atoms with E-state index in [-0.39, 0.29) is 12.5 Å². The van der Waals surface area contributed by atoms with Gasteiger partial charge in [-0.15, -0.1) is 11.3 Å². The highest BCUT2D eigenvalue weighted by molar-refractivity contribution is 9.10. The van der Waals surface area contributed by atoms with Crippen molar-refractivity contribution in [3.05, 3.63) is 9.98 Å². The zero-order chi connectivity index (χ0) is 10.6. The van der Waals surface area contributed by atoms with E-state index in [2.05, 4.69) is 25.7 Å². The van der Waals surface area contributed by atoms with Crippen LogP contribution in [0.3, 0.4) is 0 Å². The fraction of sp³-hybridized carbons (Fsp3) is 0.500. The second-order valence-electron chi connectivity index (χ2n) is 2.54. The minimum atomic E-state index is -0.252. The molecule has 4 nitrogen and oxygen atoms in total. The quantitative estimate of drug-likeness (QED) is 0.789. The number of halogens is 1. The van der Waals surface area contributed by atoms with Gasteiger partial charge in [-0.2, -0.15) is 0 Å². The second-order valence-corrected chi connectivity index (χ2v) is 4.19. The molecule has 78 valence electrons. The largest absolute Gasteiger partial charge is 0.468 e. The van der Waals surface area contributed by atoms with Gasteiger partial charge in [-0.1, -0.05) is 0 Å². The molecule has 0 amide bonds. The van der Waals surface area contributed by atoms with Gasteiger partial charge in [-0.3, -0.25) is 4.79 Å². The molecule has 0 atom stereocenters. The lowest BCUT2D eigenvalue weighted by molar-refractivity contribution is -0.138. The summed E-state index contributed by atoms with van der Waals surface area (Å²) >= 11 is 4.76. The molecule has 0 N–H and O–H groups in total. The third-order valence-electron chi connectivity index (χ3n) is 1.66. The molecule has 0 aromatic carbocycles. The van der Waals surface area contributed by atoms with Crippen molar-refractivity contribution in [3.8, 4) is 0 Å². The van der Waals surface area contributed by atoms with Crippen LogP contribution in [-0.4, -0.2) is 31.2 Å². The molecule has 0 saturated heterocycles. The van der Waals surface area contributed by atoms with Crippen LogP contribution in [0, 0.1) is 0 Å². The number of rotatable bonds is 4. The number of anilines is 1. The zero-order valence-corrected chi connectivity index (χ0v) is 10.4. The van der Waals surface area contributed by atoms with Gasteiger partial charge in [0.2, 0.25) is 0 Å². The highest BCUT2D eigenvalue weighted by Gasteiger charge is 2.12. The van der Waals surface area contributed by atoms with Crippen LogP contribution in [0.1, 0.15) is 6.92 Å². The molecule has 1 rings (SSSR count). The number of carbonyl (C=O) groups excluding carboxylic acids is 1. The summed E-state index contributed by atoms with van der Waals surface area (Å²) in [5.74, 6) is -0.252. The normalized spacial score (nSPS) is 9.93. The molecule has 1 aromatic heterocycles. The Bertz CT molecular complexity index is 316. The molecule has 6 heteroatoms. The summed E-state index contributed by atoms with van der Waals surface area (Å²) in [4.78, 5) is 17.1. The maximum Gasteiger partial charge on any atom is 0.325 e. The van der Waals surface area contributed by atoms with E-state index in [0.29, 0.717) is 0 Å². The Morgan fingerprint density at radius 3 is 2.93 bits per heavy atom. The molecule has 1 aromatic rings. The van der Waals surface area contributed by atoms with Crippen LogP contribution in [-0.2, 0) is 9.53 Å². The Morgan fingerprint density at radius 2 is 2.50 bits per heavy atom. The van der Waals surface area contributed by atoms with Gasteiger partial charge in [0.25, 0.3) is 0 Å². The molecular weight excluding hydrogens is 268 g/mol. The molecule has 0 spiro atoms. The number of nitrogens with zero attached hydrogens (tertiary/aromatic N) is 2. The van der Waals surface area contributed by atoms with Crippen LogP contribution in [0.4, 0.5) is 5.13 Å². The van der Waals surface area contributed by atoms with Crippen molar-refractivity contribution in [1.29, 1.82) is 0 Å². The summed E-state index contributed by atoms with van der Waals surface area (Å²) in [7, 11) is 1.38. The average molecular weight is 279 g/mol. The van der Waals surface area contributed by atoms with Crippen molar-refractivity contribution >= 4 is 38.4 Å². The van der Waals surface area contributed by atoms with Crippen LogP contribution in [0.15, 0.2) is 9.98 Å². The summed E-state index contributed by atoms with van der Waals surface area (Å²) in [6.45, 7) is 2.94. The summed E-state index contributed by atoms with van der Waals surface area (Å²) < 4.78 is 5.39. The Kier molecular flexibility index (Phi) is 4.34. The minimum absolute atomic E-state index is 0.243. The molecule has 0 unspecified atom stereocenters. The molecule has 0 fully saturated rings. The van der Waals surface area contributed by atoms with Crippen LogP contribution in [0.5, 0.6) is 0 Å². The van der Waals surface area contributed by atoms with Gasteiger partial charge in [0.1, 0.15) is 11.1 Å². The van der Waals surface area contributed by atoms with Gasteiger partial charge in [0.15, 0.2) is 5.13 Å². The van der Waals surface area contributed by atoms with E-state index < -0.39 is 0 Å². The van der Waals surface area contributed by atoms with E-state index in [9.17, 15) is 4.79 Å². The van der Waals surface area contributed by atoms with E-state index in [0.717, 1.165) is 16.3 Å². The van der Waals surface area contributed by atoms with Gasteiger partial charge >= 0.3 is 5.97 Å². The van der Waals surface area contributed by atoms with Crippen LogP contribution >= 0.6 is 27.3 Å². The van der Waals surface area contributed by atoms with Crippen LogP contribution in [0.25, 0.3) is 0 Å². The van der Waals surface area contributed by atoms with Gasteiger partial charge in [0.05, 0.1) is 7.11 Å². The van der Waals surface area contributed by atoms with E-state index >= 15 is 0 Å². The zero-order valence-electron chi connectivity index (χ0n) is 7.99. The third-order valence-corrected chi connectivity index (χ3v) is 3.27. The van der Waals surface area contributed by atoms with Crippen LogP contribution in [0.2, 0.25) is 0 Å². The monoisotopic (exact) mass is 278 g/mol. The lowest BCUT2D eigenvalue weighted by Gasteiger charge is -2.17. The lowest BCUT2D eigenvalue weighted by Crippen LogP contribution is -2.30. The maximum absolute atomic E-state index is 11.1. The van der Waals surface area contributed by atoms with E-state index in [1.54, 1.807) is 0 Å². The first kappa shape index (κ1) is 11.5. The summed E-state index contributed by atoms with van der Waals surface area (Å²) in [6, 6.07) is 0.